The van der Waals surface area contributed by atoms with E-state index >= 15 is 0 Å². The molecule has 0 spiro atoms. The molecule has 45 heavy (non-hydrogen) atoms. The second-order valence-corrected chi connectivity index (χ2v) is 12.7. The molecule has 1 aliphatic heterocycles. The number of urea groups is 1. The van der Waals surface area contributed by atoms with Crippen LogP contribution in [0.3, 0.4) is 0 Å². The van der Waals surface area contributed by atoms with Crippen LogP contribution in [0.15, 0.2) is 78.0 Å². The number of halogens is 3. The van der Waals surface area contributed by atoms with Gasteiger partial charge in [-0.1, -0.05) is 62.0 Å². The lowest BCUT2D eigenvalue weighted by Gasteiger charge is -2.33. The normalized spacial score (nSPS) is 15.0. The third-order valence-electron chi connectivity index (χ3n) is 7.47. The largest absolute Gasteiger partial charge is 0.573 e. The minimum atomic E-state index is -4.76. The van der Waals surface area contributed by atoms with Crippen molar-refractivity contribution >= 4 is 28.6 Å². The molecule has 4 aromatic rings. The average molecular weight is 637 g/mol. The van der Waals surface area contributed by atoms with E-state index in [1.54, 1.807) is 11.8 Å². The predicted octanol–water partition coefficient (Wildman–Crippen LogP) is 8.21. The van der Waals surface area contributed by atoms with Gasteiger partial charge < -0.3 is 15.0 Å². The SMILES string of the molecule is Cc1cccc(N2CCCS/C2=N\C(=O)NC(C)(C)c2ccc(-c3ncn(-c4ccc(OC(F)(F)F)cc4)n3)cc2)c1C(C)C. The van der Waals surface area contributed by atoms with Gasteiger partial charge >= 0.3 is 12.4 Å². The molecule has 0 bridgehead atoms. The molecule has 12 heteroatoms. The minimum Gasteiger partial charge on any atom is -0.406 e. The van der Waals surface area contributed by atoms with E-state index in [1.807, 2.05) is 38.1 Å². The molecule has 0 aliphatic carbocycles. The Bertz CT molecular complexity index is 1680. The highest BCUT2D eigenvalue weighted by Crippen LogP contribution is 2.34. The summed E-state index contributed by atoms with van der Waals surface area (Å²) in [5, 5.41) is 8.22. The van der Waals surface area contributed by atoms with Gasteiger partial charge in [0.1, 0.15) is 12.1 Å². The van der Waals surface area contributed by atoms with Gasteiger partial charge in [0.25, 0.3) is 0 Å². The Morgan fingerprint density at radius 3 is 2.42 bits per heavy atom. The van der Waals surface area contributed by atoms with Crippen molar-refractivity contribution in [1.82, 2.24) is 20.1 Å². The summed E-state index contributed by atoms with van der Waals surface area (Å²) in [6.45, 7) is 11.1. The summed E-state index contributed by atoms with van der Waals surface area (Å²) in [7, 11) is 0. The summed E-state index contributed by atoms with van der Waals surface area (Å²) in [6, 6.07) is 18.7. The molecule has 0 unspecified atom stereocenters. The van der Waals surface area contributed by atoms with E-state index in [1.165, 1.54) is 46.4 Å². The summed E-state index contributed by atoms with van der Waals surface area (Å²) in [4.78, 5) is 24.3. The van der Waals surface area contributed by atoms with E-state index < -0.39 is 17.9 Å². The van der Waals surface area contributed by atoms with Gasteiger partial charge in [-0.3, -0.25) is 0 Å². The average Bonchev–Trinajstić information content (AvgIpc) is 3.47. The van der Waals surface area contributed by atoms with Gasteiger partial charge in [-0.2, -0.15) is 4.99 Å². The number of aryl methyl sites for hydroxylation is 1. The van der Waals surface area contributed by atoms with Crippen molar-refractivity contribution in [2.45, 2.75) is 58.9 Å². The van der Waals surface area contributed by atoms with Crippen molar-refractivity contribution in [2.75, 3.05) is 17.2 Å². The van der Waals surface area contributed by atoms with Crippen LogP contribution in [0.5, 0.6) is 5.75 Å². The Labute approximate surface area is 264 Å². The lowest BCUT2D eigenvalue weighted by Crippen LogP contribution is -2.41. The molecule has 2 amide bonds. The van der Waals surface area contributed by atoms with E-state index in [0.717, 1.165) is 35.5 Å². The predicted molar refractivity (Wildman–Crippen MR) is 172 cm³/mol. The highest BCUT2D eigenvalue weighted by atomic mass is 32.2. The van der Waals surface area contributed by atoms with Gasteiger partial charge in [0, 0.05) is 23.5 Å². The quantitative estimate of drug-likeness (QED) is 0.220. The molecule has 1 N–H and O–H groups in total. The molecule has 1 saturated heterocycles. The molecule has 0 saturated carbocycles. The molecule has 1 aliphatic rings. The molecule has 0 radical (unpaired) electrons. The van der Waals surface area contributed by atoms with E-state index in [9.17, 15) is 18.0 Å². The zero-order chi connectivity index (χ0) is 32.4. The van der Waals surface area contributed by atoms with Crippen molar-refractivity contribution < 1.29 is 22.7 Å². The number of alkyl halides is 3. The first-order valence-electron chi connectivity index (χ1n) is 14.6. The summed E-state index contributed by atoms with van der Waals surface area (Å²) >= 11 is 1.59. The number of nitrogens with one attached hydrogen (secondary N) is 1. The van der Waals surface area contributed by atoms with Gasteiger partial charge in [0.2, 0.25) is 0 Å². The van der Waals surface area contributed by atoms with Gasteiger partial charge in [0.05, 0.1) is 11.2 Å². The third-order valence-corrected chi connectivity index (χ3v) is 8.53. The fourth-order valence-corrected chi connectivity index (χ4v) is 6.29. The lowest BCUT2D eigenvalue weighted by molar-refractivity contribution is -0.274. The van der Waals surface area contributed by atoms with Crippen LogP contribution in [0.1, 0.15) is 56.7 Å². The van der Waals surface area contributed by atoms with Crippen LogP contribution >= 0.6 is 11.8 Å². The highest BCUT2D eigenvalue weighted by Gasteiger charge is 2.31. The van der Waals surface area contributed by atoms with E-state index in [2.05, 4.69) is 69.0 Å². The number of rotatable bonds is 7. The smallest absolute Gasteiger partial charge is 0.406 e. The van der Waals surface area contributed by atoms with Gasteiger partial charge in [0.15, 0.2) is 11.0 Å². The van der Waals surface area contributed by atoms with Crippen LogP contribution in [-0.4, -0.2) is 44.6 Å². The van der Waals surface area contributed by atoms with Crippen molar-refractivity contribution in [3.8, 4) is 22.8 Å². The van der Waals surface area contributed by atoms with Crippen LogP contribution in [0, 0.1) is 6.92 Å². The Morgan fingerprint density at radius 1 is 1.04 bits per heavy atom. The molecule has 8 nitrogen and oxygen atoms in total. The highest BCUT2D eigenvalue weighted by molar-refractivity contribution is 8.14. The Hall–Kier alpha value is -4.32. The maximum absolute atomic E-state index is 13.3. The molecule has 3 aromatic carbocycles. The summed E-state index contributed by atoms with van der Waals surface area (Å²) in [5.41, 5.74) is 5.01. The number of thioether (sulfide) groups is 1. The maximum atomic E-state index is 13.3. The van der Waals surface area contributed by atoms with Crippen molar-refractivity contribution in [3.63, 3.8) is 0 Å². The van der Waals surface area contributed by atoms with Crippen LogP contribution in [0.25, 0.3) is 17.1 Å². The number of aliphatic imine (C=N–C) groups is 1. The molecule has 0 atom stereocenters. The molecule has 1 aromatic heterocycles. The first-order valence-corrected chi connectivity index (χ1v) is 15.6. The topological polar surface area (TPSA) is 84.6 Å². The van der Waals surface area contributed by atoms with Crippen LogP contribution in [0.2, 0.25) is 0 Å². The van der Waals surface area contributed by atoms with Gasteiger partial charge in [-0.15, -0.1) is 18.3 Å². The molecular weight excluding hydrogens is 601 g/mol. The van der Waals surface area contributed by atoms with Crippen molar-refractivity contribution in [1.29, 1.82) is 0 Å². The number of amides is 2. The number of nitrogens with zero attached hydrogens (tertiary/aromatic N) is 5. The standard InChI is InChI=1S/C33H35F3N6O2S/c1-21(2)28-22(3)8-6-9-27(28)41-18-7-19-45-31(41)38-30(43)39-32(4,5)24-12-10-23(11-13-24)29-37-20-42(40-29)25-14-16-26(17-15-25)44-33(34,35)36/h6,8-17,20-21H,7,18-19H2,1-5H3,(H,39,43)/b38-31-. The number of carbonyl (C=O) groups excluding carboxylic acids is 1. The summed E-state index contributed by atoms with van der Waals surface area (Å²) in [5.74, 6) is 1.36. The number of aromatic nitrogens is 3. The van der Waals surface area contributed by atoms with Gasteiger partial charge in [-0.25, -0.2) is 14.5 Å². The van der Waals surface area contributed by atoms with E-state index in [0.29, 0.717) is 22.6 Å². The lowest BCUT2D eigenvalue weighted by atomic mass is 9.93. The zero-order valence-corrected chi connectivity index (χ0v) is 26.5. The fourth-order valence-electron chi connectivity index (χ4n) is 5.34. The molecule has 5 rings (SSSR count). The number of amidine groups is 1. The Balaban J connectivity index is 1.28. The monoisotopic (exact) mass is 636 g/mol. The summed E-state index contributed by atoms with van der Waals surface area (Å²) in [6.07, 6.45) is -2.27. The Morgan fingerprint density at radius 2 is 1.76 bits per heavy atom. The molecular formula is C33H35F3N6O2S. The minimum absolute atomic E-state index is 0.315. The van der Waals surface area contributed by atoms with Crippen LogP contribution in [-0.2, 0) is 5.54 Å². The number of anilines is 1. The summed E-state index contributed by atoms with van der Waals surface area (Å²) < 4.78 is 42.8. The molecule has 1 fully saturated rings. The number of ether oxygens (including phenoxy) is 1. The number of hydrogen-bond donors (Lipinski definition) is 1. The van der Waals surface area contributed by atoms with Crippen molar-refractivity contribution in [3.05, 3.63) is 89.7 Å². The van der Waals surface area contributed by atoms with Gasteiger partial charge in [-0.05, 0) is 80.1 Å². The fraction of sp³-hybridized carbons (Fsp3) is 0.333. The zero-order valence-electron chi connectivity index (χ0n) is 25.7. The third kappa shape index (κ3) is 7.67. The number of carbonyl (C=O) groups is 1. The van der Waals surface area contributed by atoms with Crippen LogP contribution < -0.4 is 15.0 Å². The molecule has 2 heterocycles. The first kappa shape index (κ1) is 32.1. The van der Waals surface area contributed by atoms with E-state index in [-0.39, 0.29) is 5.75 Å². The number of benzene rings is 3. The second-order valence-electron chi connectivity index (χ2n) is 11.6. The van der Waals surface area contributed by atoms with E-state index in [4.69, 9.17) is 0 Å². The molecule has 236 valence electrons. The van der Waals surface area contributed by atoms with Crippen molar-refractivity contribution in [2.24, 2.45) is 4.99 Å². The second kappa shape index (κ2) is 13.0. The number of hydrogen-bond acceptors (Lipinski definition) is 5. The Kier molecular flexibility index (Phi) is 9.24. The van der Waals surface area contributed by atoms with Crippen LogP contribution in [0.4, 0.5) is 23.7 Å². The first-order chi connectivity index (χ1) is 21.3. The maximum Gasteiger partial charge on any atom is 0.573 e.